The quantitative estimate of drug-likeness (QED) is 0.372. The number of hydrogen-bond acceptors (Lipinski definition) is 7. The lowest BCUT2D eigenvalue weighted by Gasteiger charge is -2.31. The normalized spacial score (nSPS) is 15.2. The predicted molar refractivity (Wildman–Crippen MR) is 128 cm³/mol. The third kappa shape index (κ3) is 5.36. The zero-order chi connectivity index (χ0) is 26.0. The molecule has 192 valence electrons. The molecule has 1 aromatic heterocycles. The molecule has 11 heteroatoms. The number of hydrogen-bond donors (Lipinski definition) is 1. The van der Waals surface area contributed by atoms with Crippen LogP contribution in [0.25, 0.3) is 11.0 Å². The molecule has 1 N–H and O–H groups in total. The Morgan fingerprint density at radius 1 is 1.19 bits per heavy atom. The maximum absolute atomic E-state index is 14.0. The van der Waals surface area contributed by atoms with Crippen molar-refractivity contribution < 1.29 is 37.0 Å². The first kappa shape index (κ1) is 26.0. The van der Waals surface area contributed by atoms with Gasteiger partial charge in [0.1, 0.15) is 17.1 Å². The first-order valence-electron chi connectivity index (χ1n) is 11.3. The van der Waals surface area contributed by atoms with Crippen molar-refractivity contribution in [1.82, 2.24) is 4.90 Å². The fourth-order valence-corrected chi connectivity index (χ4v) is 4.53. The summed E-state index contributed by atoms with van der Waals surface area (Å²) >= 11 is 3.19. The number of ether oxygens (including phenoxy) is 2. The number of carbonyl (C=O) groups is 1. The molecule has 0 unspecified atom stereocenters. The summed E-state index contributed by atoms with van der Waals surface area (Å²) in [5.41, 5.74) is -1.32. The van der Waals surface area contributed by atoms with Gasteiger partial charge in [-0.3, -0.25) is 14.5 Å². The summed E-state index contributed by atoms with van der Waals surface area (Å²) in [7, 11) is 0. The Balaban J connectivity index is 1.72. The van der Waals surface area contributed by atoms with E-state index in [0.717, 1.165) is 0 Å². The average molecular weight is 570 g/mol. The largest absolute Gasteiger partial charge is 0.507 e. The average Bonchev–Trinajstić information content (AvgIpc) is 2.83. The Labute approximate surface area is 212 Å². The number of fused-ring (bicyclic) bond motifs is 1. The highest BCUT2D eigenvalue weighted by molar-refractivity contribution is 9.10. The first-order chi connectivity index (χ1) is 17.1. The molecule has 0 aliphatic carbocycles. The van der Waals surface area contributed by atoms with Crippen LogP contribution >= 0.6 is 15.9 Å². The lowest BCUT2D eigenvalue weighted by atomic mass is 9.96. The van der Waals surface area contributed by atoms with E-state index in [0.29, 0.717) is 30.4 Å². The van der Waals surface area contributed by atoms with Gasteiger partial charge in [0.2, 0.25) is 11.2 Å². The molecule has 2 heterocycles. The Morgan fingerprint density at radius 3 is 2.53 bits per heavy atom. The second-order valence-corrected chi connectivity index (χ2v) is 9.22. The van der Waals surface area contributed by atoms with Crippen molar-refractivity contribution in [3.8, 4) is 17.2 Å². The van der Waals surface area contributed by atoms with Crippen LogP contribution in [0.15, 0.2) is 50.1 Å². The number of carbonyl (C=O) groups excluding carboxylic acids is 1. The minimum absolute atomic E-state index is 0.0122. The summed E-state index contributed by atoms with van der Waals surface area (Å²) in [6.07, 6.45) is -4.03. The molecule has 1 fully saturated rings. The molecule has 3 aromatic rings. The number of phenols is 1. The van der Waals surface area contributed by atoms with E-state index in [2.05, 4.69) is 15.9 Å². The van der Waals surface area contributed by atoms with Gasteiger partial charge in [-0.1, -0.05) is 12.1 Å². The number of rotatable bonds is 6. The summed E-state index contributed by atoms with van der Waals surface area (Å²) in [4.78, 5) is 27.1. The summed E-state index contributed by atoms with van der Waals surface area (Å²) in [6, 6.07) is 8.63. The lowest BCUT2D eigenvalue weighted by Crippen LogP contribution is -2.36. The minimum atomic E-state index is -5.04. The van der Waals surface area contributed by atoms with E-state index < -0.39 is 23.1 Å². The van der Waals surface area contributed by atoms with Crippen LogP contribution < -0.4 is 10.2 Å². The third-order valence-electron chi connectivity index (χ3n) is 5.99. The van der Waals surface area contributed by atoms with Crippen molar-refractivity contribution in [2.24, 2.45) is 5.92 Å². The van der Waals surface area contributed by atoms with Crippen molar-refractivity contribution >= 4 is 32.9 Å². The summed E-state index contributed by atoms with van der Waals surface area (Å²) in [5.74, 6) is -3.40. The van der Waals surface area contributed by atoms with E-state index in [1.54, 1.807) is 25.1 Å². The Morgan fingerprint density at radius 2 is 1.89 bits per heavy atom. The van der Waals surface area contributed by atoms with Gasteiger partial charge in [-0.2, -0.15) is 13.2 Å². The van der Waals surface area contributed by atoms with E-state index in [1.807, 2.05) is 4.90 Å². The molecular formula is C25H23BrF3NO6. The molecule has 36 heavy (non-hydrogen) atoms. The van der Waals surface area contributed by atoms with Crippen LogP contribution in [0.5, 0.6) is 17.2 Å². The number of para-hydroxylation sites is 1. The number of halogens is 4. The van der Waals surface area contributed by atoms with Crippen LogP contribution in [0.3, 0.4) is 0 Å². The van der Waals surface area contributed by atoms with E-state index >= 15 is 0 Å². The van der Waals surface area contributed by atoms with Crippen LogP contribution in [0.4, 0.5) is 13.2 Å². The Hall–Kier alpha value is -3.05. The van der Waals surface area contributed by atoms with Crippen LogP contribution in [0, 0.1) is 5.92 Å². The number of alkyl halides is 3. The molecule has 0 radical (unpaired) electrons. The van der Waals surface area contributed by atoms with Gasteiger partial charge in [-0.15, -0.1) is 0 Å². The fraction of sp³-hybridized carbons (Fsp3) is 0.360. The number of benzene rings is 2. The minimum Gasteiger partial charge on any atom is -0.507 e. The van der Waals surface area contributed by atoms with E-state index in [9.17, 15) is 27.9 Å². The second-order valence-electron chi connectivity index (χ2n) is 8.36. The van der Waals surface area contributed by atoms with E-state index in [1.165, 1.54) is 18.2 Å². The molecule has 1 saturated heterocycles. The summed E-state index contributed by atoms with van der Waals surface area (Å²) in [6.45, 7) is 2.96. The molecule has 1 aliphatic rings. The second kappa shape index (κ2) is 10.5. The summed E-state index contributed by atoms with van der Waals surface area (Å²) < 4.78 is 58.1. The van der Waals surface area contributed by atoms with Gasteiger partial charge in [0.15, 0.2) is 0 Å². The molecule has 4 rings (SSSR count). The number of nitrogens with zero attached hydrogens (tertiary/aromatic N) is 1. The number of aromatic hydroxyl groups is 1. The number of piperidine rings is 1. The first-order valence-corrected chi connectivity index (χ1v) is 12.1. The zero-order valence-corrected chi connectivity index (χ0v) is 20.8. The molecule has 0 amide bonds. The van der Waals surface area contributed by atoms with Crippen molar-refractivity contribution in [3.63, 3.8) is 0 Å². The Kier molecular flexibility index (Phi) is 7.60. The molecule has 0 spiro atoms. The molecule has 0 bridgehead atoms. The monoisotopic (exact) mass is 569 g/mol. The topological polar surface area (TPSA) is 89.2 Å². The highest BCUT2D eigenvalue weighted by atomic mass is 79.9. The number of esters is 1. The van der Waals surface area contributed by atoms with Gasteiger partial charge in [0, 0.05) is 6.54 Å². The van der Waals surface area contributed by atoms with Gasteiger partial charge < -0.3 is 19.0 Å². The highest BCUT2D eigenvalue weighted by Gasteiger charge is 2.41. The molecule has 2 aromatic carbocycles. The molecular weight excluding hydrogens is 547 g/mol. The van der Waals surface area contributed by atoms with Gasteiger partial charge in [-0.05, 0) is 73.1 Å². The number of phenolic OH excluding ortho intramolecular Hbond substituents is 1. The molecule has 7 nitrogen and oxygen atoms in total. The maximum Gasteiger partial charge on any atom is 0.453 e. The van der Waals surface area contributed by atoms with Gasteiger partial charge in [0.25, 0.3) is 5.76 Å². The van der Waals surface area contributed by atoms with Gasteiger partial charge in [-0.25, -0.2) is 0 Å². The smallest absolute Gasteiger partial charge is 0.453 e. The standard InChI is InChI=1S/C25H23BrF3NO6/c1-2-34-24(33)14-9-11-30(12-10-14)13-16-18(31)8-7-15-20(32)22(23(25(27,28)29)36-21(15)16)35-19-6-4-3-5-17(19)26/h3-8,14,31H,2,9-13H2,1H3. The van der Waals surface area contributed by atoms with E-state index in [4.69, 9.17) is 13.9 Å². The van der Waals surface area contributed by atoms with Crippen LogP contribution in [0.2, 0.25) is 0 Å². The Bertz CT molecular complexity index is 1330. The van der Waals surface area contributed by atoms with Crippen molar-refractivity contribution in [2.45, 2.75) is 32.5 Å². The number of likely N-dealkylation sites (tertiary alicyclic amines) is 1. The fourth-order valence-electron chi connectivity index (χ4n) is 4.17. The maximum atomic E-state index is 14.0. The van der Waals surface area contributed by atoms with Crippen LogP contribution in [-0.4, -0.2) is 35.7 Å². The van der Waals surface area contributed by atoms with Crippen molar-refractivity contribution in [1.29, 1.82) is 0 Å². The van der Waals surface area contributed by atoms with Crippen LogP contribution in [0.1, 0.15) is 31.1 Å². The van der Waals surface area contributed by atoms with Crippen molar-refractivity contribution in [2.75, 3.05) is 19.7 Å². The SMILES string of the molecule is CCOC(=O)C1CCN(Cc2c(O)ccc3c(=O)c(Oc4ccccc4Br)c(C(F)(F)F)oc23)CC1. The van der Waals surface area contributed by atoms with Crippen LogP contribution in [-0.2, 0) is 22.3 Å². The van der Waals surface area contributed by atoms with Gasteiger partial charge in [0.05, 0.1) is 27.9 Å². The predicted octanol–water partition coefficient (Wildman–Crippen LogP) is 5.85. The molecule has 0 atom stereocenters. The summed E-state index contributed by atoms with van der Waals surface area (Å²) in [5, 5.41) is 10.3. The van der Waals surface area contributed by atoms with E-state index in [-0.39, 0.29) is 53.1 Å². The zero-order valence-electron chi connectivity index (χ0n) is 19.2. The van der Waals surface area contributed by atoms with Crippen molar-refractivity contribution in [3.05, 3.63) is 62.4 Å². The highest BCUT2D eigenvalue weighted by Crippen LogP contribution is 2.41. The lowest BCUT2D eigenvalue weighted by molar-refractivity contribution is -0.154. The molecule has 1 aliphatic heterocycles. The van der Waals surface area contributed by atoms with Gasteiger partial charge >= 0.3 is 12.1 Å². The third-order valence-corrected chi connectivity index (χ3v) is 6.65. The molecule has 0 saturated carbocycles.